The molecule has 0 saturated carbocycles. The zero-order chi connectivity index (χ0) is 14.2. The lowest BCUT2D eigenvalue weighted by atomic mass is 9.98. The second-order valence-electron chi connectivity index (χ2n) is 4.98. The Morgan fingerprint density at radius 1 is 1.26 bits per heavy atom. The molecular formula is C15H19NO3. The molecule has 2 aromatic rings. The number of carboxylic acids is 1. The average Bonchev–Trinajstić information content (AvgIpc) is 2.68. The summed E-state index contributed by atoms with van der Waals surface area (Å²) in [6.45, 7) is 6.69. The molecule has 1 aromatic heterocycles. The Bertz CT molecular complexity index is 641. The van der Waals surface area contributed by atoms with Gasteiger partial charge in [-0.15, -0.1) is 0 Å². The third kappa shape index (κ3) is 2.24. The fourth-order valence-electron chi connectivity index (χ4n) is 2.76. The highest BCUT2D eigenvalue weighted by atomic mass is 16.4. The predicted octanol–water partition coefficient (Wildman–Crippen LogP) is 2.65. The van der Waals surface area contributed by atoms with Crippen LogP contribution in [0.5, 0.6) is 0 Å². The van der Waals surface area contributed by atoms with Crippen molar-refractivity contribution in [3.63, 3.8) is 0 Å². The van der Waals surface area contributed by atoms with Gasteiger partial charge in [0.05, 0.1) is 11.1 Å². The van der Waals surface area contributed by atoms with Crippen LogP contribution in [0.15, 0.2) is 12.3 Å². The number of carboxylic acid groups (broad SMARTS) is 1. The zero-order valence-electron chi connectivity index (χ0n) is 11.5. The van der Waals surface area contributed by atoms with E-state index in [0.717, 1.165) is 34.1 Å². The number of hydrogen-bond donors (Lipinski definition) is 2. The smallest absolute Gasteiger partial charge is 0.335 e. The molecule has 0 radical (unpaired) electrons. The first-order valence-electron chi connectivity index (χ1n) is 6.41. The van der Waals surface area contributed by atoms with Crippen molar-refractivity contribution in [1.82, 2.24) is 4.57 Å². The molecule has 0 aliphatic carbocycles. The number of fused-ring (bicyclic) bond motifs is 1. The Hall–Kier alpha value is -1.81. The van der Waals surface area contributed by atoms with E-state index in [9.17, 15) is 9.90 Å². The predicted molar refractivity (Wildman–Crippen MR) is 74.8 cm³/mol. The lowest BCUT2D eigenvalue weighted by Gasteiger charge is -2.10. The van der Waals surface area contributed by atoms with Crippen molar-refractivity contribution in [3.05, 3.63) is 34.5 Å². The first-order chi connectivity index (χ1) is 8.97. The summed E-state index contributed by atoms with van der Waals surface area (Å²) < 4.78 is 2.11. The van der Waals surface area contributed by atoms with Gasteiger partial charge in [0.25, 0.3) is 0 Å². The molecule has 0 bridgehead atoms. The van der Waals surface area contributed by atoms with Crippen LogP contribution in [0.25, 0.3) is 10.9 Å². The van der Waals surface area contributed by atoms with Gasteiger partial charge in [0.15, 0.2) is 0 Å². The lowest BCUT2D eigenvalue weighted by Crippen LogP contribution is -2.04. The van der Waals surface area contributed by atoms with Crippen molar-refractivity contribution in [2.45, 2.75) is 33.7 Å². The van der Waals surface area contributed by atoms with Crippen molar-refractivity contribution in [1.29, 1.82) is 0 Å². The number of aromatic carboxylic acids is 1. The summed E-state index contributed by atoms with van der Waals surface area (Å²) in [5, 5.41) is 19.2. The number of aryl methyl sites for hydroxylation is 4. The van der Waals surface area contributed by atoms with Crippen LogP contribution in [0.1, 0.15) is 33.5 Å². The van der Waals surface area contributed by atoms with Crippen LogP contribution < -0.4 is 0 Å². The lowest BCUT2D eigenvalue weighted by molar-refractivity contribution is 0.0696. The van der Waals surface area contributed by atoms with E-state index in [0.29, 0.717) is 12.0 Å². The van der Waals surface area contributed by atoms with E-state index in [4.69, 9.17) is 5.11 Å². The van der Waals surface area contributed by atoms with Crippen LogP contribution in [0.2, 0.25) is 0 Å². The molecule has 1 heterocycles. The Kier molecular flexibility index (Phi) is 3.62. The second-order valence-corrected chi connectivity index (χ2v) is 4.98. The fourth-order valence-corrected chi connectivity index (χ4v) is 2.76. The normalized spacial score (nSPS) is 11.2. The van der Waals surface area contributed by atoms with Gasteiger partial charge in [-0.05, 0) is 49.9 Å². The van der Waals surface area contributed by atoms with E-state index in [-0.39, 0.29) is 6.61 Å². The van der Waals surface area contributed by atoms with Gasteiger partial charge in [0.2, 0.25) is 0 Å². The summed E-state index contributed by atoms with van der Waals surface area (Å²) in [6, 6.07) is 1.73. The highest BCUT2D eigenvalue weighted by Crippen LogP contribution is 2.30. The van der Waals surface area contributed by atoms with E-state index in [2.05, 4.69) is 4.57 Å². The minimum Gasteiger partial charge on any atom is -0.478 e. The molecule has 1 aromatic carbocycles. The Morgan fingerprint density at radius 3 is 2.53 bits per heavy atom. The average molecular weight is 261 g/mol. The van der Waals surface area contributed by atoms with Crippen LogP contribution in [0.4, 0.5) is 0 Å². The largest absolute Gasteiger partial charge is 0.478 e. The third-order valence-corrected chi connectivity index (χ3v) is 3.57. The number of benzene rings is 1. The molecule has 2 rings (SSSR count). The van der Waals surface area contributed by atoms with Crippen molar-refractivity contribution in [2.75, 3.05) is 6.61 Å². The SMILES string of the molecule is Cc1cn(CCCO)c2c(C)cc(C(=O)O)c(C)c12. The quantitative estimate of drug-likeness (QED) is 0.889. The van der Waals surface area contributed by atoms with Crippen molar-refractivity contribution >= 4 is 16.9 Å². The van der Waals surface area contributed by atoms with Crippen molar-refractivity contribution in [2.24, 2.45) is 0 Å². The summed E-state index contributed by atoms with van der Waals surface area (Å²) in [5.41, 5.74) is 4.30. The molecule has 102 valence electrons. The van der Waals surface area contributed by atoms with Gasteiger partial charge in [0, 0.05) is 24.7 Å². The molecule has 4 heteroatoms. The molecule has 0 amide bonds. The van der Waals surface area contributed by atoms with Gasteiger partial charge in [0.1, 0.15) is 0 Å². The van der Waals surface area contributed by atoms with Crippen LogP contribution in [-0.4, -0.2) is 27.4 Å². The third-order valence-electron chi connectivity index (χ3n) is 3.57. The maximum atomic E-state index is 11.3. The molecule has 0 unspecified atom stereocenters. The molecule has 0 spiro atoms. The van der Waals surface area contributed by atoms with Gasteiger partial charge in [-0.3, -0.25) is 0 Å². The number of carbonyl (C=O) groups is 1. The number of aliphatic hydroxyl groups is 1. The number of aromatic nitrogens is 1. The standard InChI is InChI=1S/C15H19NO3/c1-9-7-12(15(18)19)11(3)13-10(2)8-16(14(9)13)5-4-6-17/h7-8,17H,4-6H2,1-3H3,(H,18,19). The van der Waals surface area contributed by atoms with E-state index < -0.39 is 5.97 Å². The minimum absolute atomic E-state index is 0.157. The molecule has 0 fully saturated rings. The summed E-state index contributed by atoms with van der Waals surface area (Å²) in [5.74, 6) is -0.884. The highest BCUT2D eigenvalue weighted by molar-refractivity contribution is 5.99. The molecule has 0 aliphatic heterocycles. The summed E-state index contributed by atoms with van der Waals surface area (Å²) in [6.07, 6.45) is 2.73. The molecule has 4 nitrogen and oxygen atoms in total. The van der Waals surface area contributed by atoms with Gasteiger partial charge in [-0.2, -0.15) is 0 Å². The Labute approximate surface area is 112 Å². The highest BCUT2D eigenvalue weighted by Gasteiger charge is 2.17. The molecule has 19 heavy (non-hydrogen) atoms. The molecule has 0 saturated heterocycles. The van der Waals surface area contributed by atoms with Gasteiger partial charge >= 0.3 is 5.97 Å². The number of hydrogen-bond acceptors (Lipinski definition) is 2. The van der Waals surface area contributed by atoms with Crippen LogP contribution >= 0.6 is 0 Å². The monoisotopic (exact) mass is 261 g/mol. The van der Waals surface area contributed by atoms with Crippen LogP contribution in [0, 0.1) is 20.8 Å². The van der Waals surface area contributed by atoms with Gasteiger partial charge in [-0.25, -0.2) is 4.79 Å². The maximum Gasteiger partial charge on any atom is 0.335 e. The Morgan fingerprint density at radius 2 is 1.95 bits per heavy atom. The van der Waals surface area contributed by atoms with E-state index >= 15 is 0 Å². The molecular weight excluding hydrogens is 242 g/mol. The van der Waals surface area contributed by atoms with E-state index in [1.54, 1.807) is 6.07 Å². The molecule has 0 atom stereocenters. The summed E-state index contributed by atoms with van der Waals surface area (Å²) in [4.78, 5) is 11.3. The van der Waals surface area contributed by atoms with Crippen molar-refractivity contribution < 1.29 is 15.0 Å². The molecule has 0 aliphatic rings. The van der Waals surface area contributed by atoms with Gasteiger partial charge < -0.3 is 14.8 Å². The fraction of sp³-hybridized carbons (Fsp3) is 0.400. The van der Waals surface area contributed by atoms with Gasteiger partial charge in [-0.1, -0.05) is 0 Å². The summed E-state index contributed by atoms with van der Waals surface area (Å²) >= 11 is 0. The number of nitrogens with zero attached hydrogens (tertiary/aromatic N) is 1. The second kappa shape index (κ2) is 5.05. The number of aliphatic hydroxyl groups excluding tert-OH is 1. The van der Waals surface area contributed by atoms with E-state index in [1.165, 1.54) is 0 Å². The number of rotatable bonds is 4. The van der Waals surface area contributed by atoms with Crippen molar-refractivity contribution in [3.8, 4) is 0 Å². The first-order valence-corrected chi connectivity index (χ1v) is 6.41. The minimum atomic E-state index is -0.884. The first kappa shape index (κ1) is 13.6. The Balaban J connectivity index is 2.73. The van der Waals surface area contributed by atoms with E-state index in [1.807, 2.05) is 27.0 Å². The zero-order valence-corrected chi connectivity index (χ0v) is 11.5. The molecule has 2 N–H and O–H groups in total. The topological polar surface area (TPSA) is 62.5 Å². The van der Waals surface area contributed by atoms with Crippen LogP contribution in [-0.2, 0) is 6.54 Å². The maximum absolute atomic E-state index is 11.3. The van der Waals surface area contributed by atoms with Crippen LogP contribution in [0.3, 0.4) is 0 Å². The summed E-state index contributed by atoms with van der Waals surface area (Å²) in [7, 11) is 0.